The smallest absolute Gasteiger partial charge is 0.130 e. The number of nitrogens with zero attached hydrogens (tertiary/aromatic N) is 4. The number of rotatable bonds is 3. The third-order valence-electron chi connectivity index (χ3n) is 3.55. The third-order valence-corrected chi connectivity index (χ3v) is 4.02. The monoisotopic (exact) mass is 289 g/mol. The lowest BCUT2D eigenvalue weighted by atomic mass is 10.0. The van der Waals surface area contributed by atoms with Gasteiger partial charge in [-0.3, -0.25) is 4.68 Å². The van der Waals surface area contributed by atoms with Crippen molar-refractivity contribution in [3.63, 3.8) is 0 Å². The van der Waals surface area contributed by atoms with E-state index in [-0.39, 0.29) is 6.04 Å². The molecule has 104 valence electrons. The number of aryl methyl sites for hydroxylation is 2. The number of hydrogen-bond acceptors (Lipinski definition) is 3. The van der Waals surface area contributed by atoms with Gasteiger partial charge in [-0.25, -0.2) is 4.52 Å². The summed E-state index contributed by atoms with van der Waals surface area (Å²) in [6.07, 6.45) is 4.38. The first-order valence-electron chi connectivity index (χ1n) is 6.43. The van der Waals surface area contributed by atoms with Gasteiger partial charge in [0.1, 0.15) is 5.15 Å². The van der Waals surface area contributed by atoms with E-state index in [0.717, 1.165) is 22.3 Å². The van der Waals surface area contributed by atoms with Gasteiger partial charge >= 0.3 is 0 Å². The van der Waals surface area contributed by atoms with Crippen molar-refractivity contribution in [2.24, 2.45) is 12.8 Å². The van der Waals surface area contributed by atoms with Crippen molar-refractivity contribution < 1.29 is 0 Å². The van der Waals surface area contributed by atoms with E-state index in [0.29, 0.717) is 11.6 Å². The summed E-state index contributed by atoms with van der Waals surface area (Å²) in [5.74, 6) is 0. The van der Waals surface area contributed by atoms with Crippen LogP contribution < -0.4 is 5.73 Å². The number of fused-ring (bicyclic) bond motifs is 1. The van der Waals surface area contributed by atoms with Crippen LogP contribution in [0.25, 0.3) is 5.52 Å². The normalized spacial score (nSPS) is 13.0. The molecule has 0 fully saturated rings. The molecule has 6 heteroatoms. The molecule has 5 nitrogen and oxygen atoms in total. The standard InChI is InChI=1S/C14H16ClN5/c1-9-10(14(15)19(2)18-9)7-12(16)11-8-17-20-6-4-3-5-13(11)20/h3-6,8,12H,7,16H2,1-2H3. The molecule has 0 amide bonds. The molecule has 1 unspecified atom stereocenters. The van der Waals surface area contributed by atoms with E-state index in [4.69, 9.17) is 17.3 Å². The molecular formula is C14H16ClN5. The summed E-state index contributed by atoms with van der Waals surface area (Å²) in [7, 11) is 1.83. The molecule has 0 spiro atoms. The Bertz CT molecular complexity index is 758. The van der Waals surface area contributed by atoms with E-state index < -0.39 is 0 Å². The Hall–Kier alpha value is -1.85. The largest absolute Gasteiger partial charge is 0.324 e. The zero-order valence-corrected chi connectivity index (χ0v) is 12.2. The first-order valence-corrected chi connectivity index (χ1v) is 6.81. The van der Waals surface area contributed by atoms with Crippen LogP contribution in [0.2, 0.25) is 5.15 Å². The van der Waals surface area contributed by atoms with E-state index in [1.165, 1.54) is 0 Å². The number of hydrogen-bond donors (Lipinski definition) is 1. The minimum Gasteiger partial charge on any atom is -0.324 e. The maximum Gasteiger partial charge on any atom is 0.130 e. The SMILES string of the molecule is Cc1nn(C)c(Cl)c1CC(N)c1cnn2ccccc12. The molecular weight excluding hydrogens is 274 g/mol. The molecule has 20 heavy (non-hydrogen) atoms. The van der Waals surface area contributed by atoms with Crippen molar-refractivity contribution in [3.8, 4) is 0 Å². The topological polar surface area (TPSA) is 61.1 Å². The Kier molecular flexibility index (Phi) is 3.23. The summed E-state index contributed by atoms with van der Waals surface area (Å²) >= 11 is 6.26. The highest BCUT2D eigenvalue weighted by Gasteiger charge is 2.18. The lowest BCUT2D eigenvalue weighted by Gasteiger charge is -2.10. The molecule has 3 aromatic rings. The predicted molar refractivity (Wildman–Crippen MR) is 78.8 cm³/mol. The summed E-state index contributed by atoms with van der Waals surface area (Å²) in [6, 6.07) is 5.78. The molecule has 2 N–H and O–H groups in total. The van der Waals surface area contributed by atoms with Crippen LogP contribution in [0.1, 0.15) is 22.9 Å². The van der Waals surface area contributed by atoms with Crippen LogP contribution >= 0.6 is 11.6 Å². The lowest BCUT2D eigenvalue weighted by Crippen LogP contribution is -2.13. The molecule has 0 saturated heterocycles. The molecule has 0 saturated carbocycles. The Morgan fingerprint density at radius 3 is 2.90 bits per heavy atom. The van der Waals surface area contributed by atoms with Crippen molar-refractivity contribution in [1.29, 1.82) is 0 Å². The molecule has 3 aromatic heterocycles. The molecule has 0 aliphatic heterocycles. The molecule has 0 aromatic carbocycles. The molecule has 0 bridgehead atoms. The fourth-order valence-electron chi connectivity index (χ4n) is 2.48. The highest BCUT2D eigenvalue weighted by atomic mass is 35.5. The molecule has 3 heterocycles. The van der Waals surface area contributed by atoms with Crippen LogP contribution in [0.4, 0.5) is 0 Å². The van der Waals surface area contributed by atoms with Gasteiger partial charge in [-0.15, -0.1) is 0 Å². The van der Waals surface area contributed by atoms with Gasteiger partial charge in [0.2, 0.25) is 0 Å². The lowest BCUT2D eigenvalue weighted by molar-refractivity contribution is 0.723. The van der Waals surface area contributed by atoms with E-state index in [1.54, 1.807) is 4.68 Å². The van der Waals surface area contributed by atoms with E-state index >= 15 is 0 Å². The Labute approximate surface area is 122 Å². The van der Waals surface area contributed by atoms with E-state index in [1.807, 2.05) is 49.1 Å². The molecule has 0 aliphatic rings. The number of halogens is 1. The maximum atomic E-state index is 6.34. The quantitative estimate of drug-likeness (QED) is 0.804. The average molecular weight is 290 g/mol. The number of aromatic nitrogens is 4. The van der Waals surface area contributed by atoms with Crippen LogP contribution in [-0.4, -0.2) is 19.4 Å². The minimum atomic E-state index is -0.157. The number of pyridine rings is 1. The highest BCUT2D eigenvalue weighted by Crippen LogP contribution is 2.26. The van der Waals surface area contributed by atoms with Crippen LogP contribution in [0.5, 0.6) is 0 Å². The summed E-state index contributed by atoms with van der Waals surface area (Å²) < 4.78 is 3.50. The summed E-state index contributed by atoms with van der Waals surface area (Å²) in [5, 5.41) is 9.28. The third kappa shape index (κ3) is 2.09. The van der Waals surface area contributed by atoms with Crippen molar-refractivity contribution in [2.45, 2.75) is 19.4 Å². The van der Waals surface area contributed by atoms with Gasteiger partial charge in [-0.2, -0.15) is 10.2 Å². The van der Waals surface area contributed by atoms with Gasteiger partial charge in [-0.05, 0) is 25.5 Å². The Morgan fingerprint density at radius 1 is 1.40 bits per heavy atom. The Balaban J connectivity index is 1.95. The van der Waals surface area contributed by atoms with Crippen molar-refractivity contribution >= 4 is 17.1 Å². The van der Waals surface area contributed by atoms with Gasteiger partial charge in [0.15, 0.2) is 0 Å². The zero-order valence-electron chi connectivity index (χ0n) is 11.4. The van der Waals surface area contributed by atoms with Gasteiger partial charge in [-0.1, -0.05) is 17.7 Å². The zero-order chi connectivity index (χ0) is 14.3. The van der Waals surface area contributed by atoms with Crippen LogP contribution in [0.3, 0.4) is 0 Å². The summed E-state index contributed by atoms with van der Waals surface area (Å²) in [6.45, 7) is 1.95. The van der Waals surface area contributed by atoms with E-state index in [2.05, 4.69) is 10.2 Å². The minimum absolute atomic E-state index is 0.157. The Morgan fingerprint density at radius 2 is 2.20 bits per heavy atom. The second-order valence-corrected chi connectivity index (χ2v) is 5.28. The molecule has 1 atom stereocenters. The van der Waals surface area contributed by atoms with Gasteiger partial charge in [0.05, 0.1) is 17.4 Å². The summed E-state index contributed by atoms with van der Waals surface area (Å²) in [4.78, 5) is 0. The highest BCUT2D eigenvalue weighted by molar-refractivity contribution is 6.30. The molecule has 3 rings (SSSR count). The molecule has 0 radical (unpaired) electrons. The second-order valence-electron chi connectivity index (χ2n) is 4.92. The first kappa shape index (κ1) is 13.1. The fraction of sp³-hybridized carbons (Fsp3) is 0.286. The predicted octanol–water partition coefficient (Wildman–Crippen LogP) is 2.27. The summed E-state index contributed by atoms with van der Waals surface area (Å²) in [5.41, 5.74) is 10.3. The van der Waals surface area contributed by atoms with Crippen LogP contribution in [0, 0.1) is 6.92 Å². The van der Waals surface area contributed by atoms with Crippen molar-refractivity contribution in [3.05, 3.63) is 52.6 Å². The number of nitrogens with two attached hydrogens (primary N) is 1. The van der Waals surface area contributed by atoms with Crippen LogP contribution in [0.15, 0.2) is 30.6 Å². The molecule has 0 aliphatic carbocycles. The van der Waals surface area contributed by atoms with Crippen LogP contribution in [-0.2, 0) is 13.5 Å². The van der Waals surface area contributed by atoms with Crippen molar-refractivity contribution in [2.75, 3.05) is 0 Å². The fourth-order valence-corrected chi connectivity index (χ4v) is 2.73. The first-order chi connectivity index (χ1) is 9.58. The average Bonchev–Trinajstić information content (AvgIpc) is 2.96. The van der Waals surface area contributed by atoms with Crippen molar-refractivity contribution in [1.82, 2.24) is 19.4 Å². The van der Waals surface area contributed by atoms with E-state index in [9.17, 15) is 0 Å². The second kappa shape index (κ2) is 4.92. The van der Waals surface area contributed by atoms with Gasteiger partial charge in [0.25, 0.3) is 0 Å². The van der Waals surface area contributed by atoms with Gasteiger partial charge in [0, 0.05) is 30.4 Å². The van der Waals surface area contributed by atoms with Gasteiger partial charge < -0.3 is 5.73 Å². The maximum absolute atomic E-state index is 6.34.